The molecule has 0 saturated carbocycles. The van der Waals surface area contributed by atoms with Crippen LogP contribution in [0.2, 0.25) is 5.02 Å². The second-order valence-corrected chi connectivity index (χ2v) is 11.3. The van der Waals surface area contributed by atoms with Crippen LogP contribution in [0.25, 0.3) is 27.0 Å². The third-order valence-electron chi connectivity index (χ3n) is 6.71. The van der Waals surface area contributed by atoms with E-state index in [1.807, 2.05) is 46.2 Å². The SMILES string of the molecule is Clc1ccccc1-c1cc(NCC2CCCN(Cc3csc4ccccc34)C2)n2ncc(Br)c2n1. The molecule has 1 aliphatic rings. The van der Waals surface area contributed by atoms with Crippen LogP contribution in [0.5, 0.6) is 0 Å². The minimum Gasteiger partial charge on any atom is -0.370 e. The molecule has 35 heavy (non-hydrogen) atoms. The number of rotatable bonds is 6. The molecule has 0 aliphatic carbocycles. The molecule has 178 valence electrons. The van der Waals surface area contributed by atoms with E-state index in [0.29, 0.717) is 10.9 Å². The van der Waals surface area contributed by atoms with Crippen LogP contribution < -0.4 is 5.32 Å². The van der Waals surface area contributed by atoms with Gasteiger partial charge in [0.2, 0.25) is 0 Å². The van der Waals surface area contributed by atoms with E-state index in [2.05, 4.69) is 60.9 Å². The largest absolute Gasteiger partial charge is 0.370 e. The minimum absolute atomic E-state index is 0.569. The minimum atomic E-state index is 0.569. The molecule has 1 atom stereocenters. The highest BCUT2D eigenvalue weighted by Crippen LogP contribution is 2.31. The first-order valence-electron chi connectivity index (χ1n) is 11.9. The molecule has 3 aromatic heterocycles. The van der Waals surface area contributed by atoms with Crippen molar-refractivity contribution in [1.82, 2.24) is 19.5 Å². The number of benzene rings is 2. The van der Waals surface area contributed by atoms with Gasteiger partial charge in [-0.25, -0.2) is 4.98 Å². The molecule has 1 saturated heterocycles. The van der Waals surface area contributed by atoms with E-state index < -0.39 is 0 Å². The maximum absolute atomic E-state index is 6.49. The lowest BCUT2D eigenvalue weighted by Gasteiger charge is -2.33. The molecule has 4 heterocycles. The van der Waals surface area contributed by atoms with Gasteiger partial charge in [0.15, 0.2) is 5.65 Å². The third-order valence-corrected chi connectivity index (χ3v) is 8.61. The van der Waals surface area contributed by atoms with Crippen molar-refractivity contribution in [2.45, 2.75) is 19.4 Å². The molecule has 0 bridgehead atoms. The van der Waals surface area contributed by atoms with Gasteiger partial charge >= 0.3 is 0 Å². The standard InChI is InChI=1S/C27H25BrClN5S/c28-22-14-31-34-26(12-24(32-27(22)34)21-8-1-3-9-23(21)29)30-13-18-6-5-11-33(15-18)16-19-17-35-25-10-4-2-7-20(19)25/h1-4,7-10,12,14,17-18,30H,5-6,11,13,15-16H2. The van der Waals surface area contributed by atoms with Gasteiger partial charge in [-0.1, -0.05) is 48.0 Å². The Bertz CT molecular complexity index is 1500. The number of nitrogens with zero attached hydrogens (tertiary/aromatic N) is 4. The van der Waals surface area contributed by atoms with Crippen molar-refractivity contribution < 1.29 is 0 Å². The fraction of sp³-hybridized carbons (Fsp3) is 0.259. The first-order valence-corrected chi connectivity index (χ1v) is 13.9. The number of fused-ring (bicyclic) bond motifs is 2. The van der Waals surface area contributed by atoms with Gasteiger partial charge in [0.25, 0.3) is 0 Å². The summed E-state index contributed by atoms with van der Waals surface area (Å²) in [4.78, 5) is 7.43. The van der Waals surface area contributed by atoms with Gasteiger partial charge in [-0.3, -0.25) is 4.90 Å². The normalized spacial score (nSPS) is 16.8. The van der Waals surface area contributed by atoms with Gasteiger partial charge in [0, 0.05) is 41.0 Å². The summed E-state index contributed by atoms with van der Waals surface area (Å²) in [6.45, 7) is 4.15. The van der Waals surface area contributed by atoms with Gasteiger partial charge in [-0.05, 0) is 69.7 Å². The molecule has 6 rings (SSSR count). The number of thiophene rings is 1. The van der Waals surface area contributed by atoms with Gasteiger partial charge in [-0.2, -0.15) is 9.61 Å². The molecule has 5 aromatic rings. The van der Waals surface area contributed by atoms with Crippen molar-refractivity contribution in [3.05, 3.63) is 81.2 Å². The zero-order chi connectivity index (χ0) is 23.8. The Morgan fingerprint density at radius 3 is 2.91 bits per heavy atom. The zero-order valence-electron chi connectivity index (χ0n) is 19.1. The lowest BCUT2D eigenvalue weighted by atomic mass is 9.97. The van der Waals surface area contributed by atoms with Crippen LogP contribution in [0.3, 0.4) is 0 Å². The summed E-state index contributed by atoms with van der Waals surface area (Å²) < 4.78 is 4.10. The van der Waals surface area contributed by atoms with Crippen molar-refractivity contribution in [3.63, 3.8) is 0 Å². The van der Waals surface area contributed by atoms with E-state index in [-0.39, 0.29) is 0 Å². The summed E-state index contributed by atoms with van der Waals surface area (Å²) in [6, 6.07) is 18.6. The number of halogens is 2. The maximum Gasteiger partial charge on any atom is 0.172 e. The number of likely N-dealkylation sites (tertiary alicyclic amines) is 1. The average Bonchev–Trinajstić information content (AvgIpc) is 3.47. The van der Waals surface area contributed by atoms with Crippen molar-refractivity contribution in [2.75, 3.05) is 25.0 Å². The summed E-state index contributed by atoms with van der Waals surface area (Å²) >= 11 is 11.9. The molecule has 1 fully saturated rings. The Labute approximate surface area is 221 Å². The van der Waals surface area contributed by atoms with Gasteiger partial charge in [0.1, 0.15) is 5.82 Å². The number of piperidine rings is 1. The molecular formula is C27H25BrClN5S. The first-order chi connectivity index (χ1) is 17.2. The highest BCUT2D eigenvalue weighted by Gasteiger charge is 2.22. The van der Waals surface area contributed by atoms with E-state index in [1.54, 1.807) is 6.20 Å². The molecule has 0 radical (unpaired) electrons. The third kappa shape index (κ3) is 4.70. The number of hydrogen-bond donors (Lipinski definition) is 1. The fourth-order valence-electron chi connectivity index (χ4n) is 4.98. The molecule has 1 aliphatic heterocycles. The van der Waals surface area contributed by atoms with Crippen molar-refractivity contribution in [1.29, 1.82) is 0 Å². The summed E-state index contributed by atoms with van der Waals surface area (Å²) in [5, 5.41) is 12.6. The molecule has 8 heteroatoms. The van der Waals surface area contributed by atoms with E-state index in [9.17, 15) is 0 Å². The summed E-state index contributed by atoms with van der Waals surface area (Å²) in [7, 11) is 0. The second-order valence-electron chi connectivity index (χ2n) is 9.12. The van der Waals surface area contributed by atoms with Gasteiger partial charge < -0.3 is 5.32 Å². The molecule has 0 spiro atoms. The Morgan fingerprint density at radius 1 is 1.14 bits per heavy atom. The highest BCUT2D eigenvalue weighted by molar-refractivity contribution is 9.10. The Kier molecular flexibility index (Phi) is 6.50. The lowest BCUT2D eigenvalue weighted by Crippen LogP contribution is -2.37. The van der Waals surface area contributed by atoms with Crippen LogP contribution in [0.15, 0.2) is 70.6 Å². The van der Waals surface area contributed by atoms with Gasteiger partial charge in [-0.15, -0.1) is 11.3 Å². The van der Waals surface area contributed by atoms with E-state index in [0.717, 1.165) is 53.4 Å². The Hall–Kier alpha value is -2.45. The maximum atomic E-state index is 6.49. The summed E-state index contributed by atoms with van der Waals surface area (Å²) in [5.41, 5.74) is 3.97. The smallest absolute Gasteiger partial charge is 0.172 e. The summed E-state index contributed by atoms with van der Waals surface area (Å²) in [6.07, 6.45) is 4.23. The molecule has 0 amide bonds. The predicted octanol–water partition coefficient (Wildman–Crippen LogP) is 7.35. The predicted molar refractivity (Wildman–Crippen MR) is 149 cm³/mol. The first kappa shape index (κ1) is 23.0. The Morgan fingerprint density at radius 2 is 2.00 bits per heavy atom. The van der Waals surface area contributed by atoms with E-state index >= 15 is 0 Å². The van der Waals surface area contributed by atoms with E-state index in [1.165, 1.54) is 28.5 Å². The van der Waals surface area contributed by atoms with Crippen LogP contribution in [0, 0.1) is 5.92 Å². The van der Waals surface area contributed by atoms with Crippen LogP contribution in [0.4, 0.5) is 5.82 Å². The monoisotopic (exact) mass is 565 g/mol. The quantitative estimate of drug-likeness (QED) is 0.233. The topological polar surface area (TPSA) is 45.5 Å². The zero-order valence-corrected chi connectivity index (χ0v) is 22.3. The number of aromatic nitrogens is 3. The van der Waals surface area contributed by atoms with Crippen molar-refractivity contribution in [3.8, 4) is 11.3 Å². The van der Waals surface area contributed by atoms with Crippen LogP contribution >= 0.6 is 38.9 Å². The van der Waals surface area contributed by atoms with Crippen LogP contribution in [-0.2, 0) is 6.54 Å². The lowest BCUT2D eigenvalue weighted by molar-refractivity contribution is 0.174. The fourth-order valence-corrected chi connectivity index (χ4v) is 6.51. The molecule has 1 N–H and O–H groups in total. The number of nitrogens with one attached hydrogen (secondary N) is 1. The van der Waals surface area contributed by atoms with Crippen molar-refractivity contribution >= 4 is 60.4 Å². The molecule has 1 unspecified atom stereocenters. The van der Waals surface area contributed by atoms with Crippen LogP contribution in [-0.4, -0.2) is 39.1 Å². The highest BCUT2D eigenvalue weighted by atomic mass is 79.9. The molecule has 5 nitrogen and oxygen atoms in total. The molecular weight excluding hydrogens is 542 g/mol. The van der Waals surface area contributed by atoms with Crippen molar-refractivity contribution in [2.24, 2.45) is 5.92 Å². The Balaban J connectivity index is 1.20. The second kappa shape index (κ2) is 9.90. The van der Waals surface area contributed by atoms with E-state index in [4.69, 9.17) is 16.6 Å². The number of anilines is 1. The average molecular weight is 567 g/mol. The molecule has 2 aromatic carbocycles. The number of hydrogen-bond acceptors (Lipinski definition) is 5. The summed E-state index contributed by atoms with van der Waals surface area (Å²) in [5.74, 6) is 1.50. The van der Waals surface area contributed by atoms with Gasteiger partial charge in [0.05, 0.1) is 16.4 Å². The van der Waals surface area contributed by atoms with Crippen LogP contribution in [0.1, 0.15) is 18.4 Å².